The Morgan fingerprint density at radius 3 is 1.83 bits per heavy atom. The minimum atomic E-state index is -0.837. The van der Waals surface area contributed by atoms with Gasteiger partial charge in [0, 0.05) is 16.7 Å². The van der Waals surface area contributed by atoms with E-state index < -0.39 is 6.23 Å². The lowest BCUT2D eigenvalue weighted by Gasteiger charge is -2.27. The first-order valence-corrected chi connectivity index (χ1v) is 9.54. The summed E-state index contributed by atoms with van der Waals surface area (Å²) in [4.78, 5) is 0. The molecule has 0 bridgehead atoms. The second kappa shape index (κ2) is 8.66. The Balaban J connectivity index is 1.94. The predicted molar refractivity (Wildman–Crippen MR) is 117 cm³/mol. The Labute approximate surface area is 175 Å². The highest BCUT2D eigenvalue weighted by Crippen LogP contribution is 2.43. The van der Waals surface area contributed by atoms with Gasteiger partial charge in [-0.3, -0.25) is 0 Å². The summed E-state index contributed by atoms with van der Waals surface area (Å²) in [6.45, 7) is 0. The van der Waals surface area contributed by atoms with Crippen LogP contribution in [0.2, 0.25) is 0 Å². The van der Waals surface area contributed by atoms with E-state index in [1.54, 1.807) is 20.5 Å². The van der Waals surface area contributed by atoms with Crippen LogP contribution in [0, 0.1) is 0 Å². The molecule has 1 atom stereocenters. The van der Waals surface area contributed by atoms with Crippen LogP contribution in [0.3, 0.4) is 0 Å². The molecule has 149 valence electrons. The zero-order valence-corrected chi connectivity index (χ0v) is 16.8. The lowest BCUT2D eigenvalue weighted by atomic mass is 9.85. The minimum Gasteiger partial charge on any atom is -0.497 e. The van der Waals surface area contributed by atoms with Gasteiger partial charge in [-0.15, -0.1) is 5.11 Å². The van der Waals surface area contributed by atoms with Crippen molar-refractivity contribution >= 4 is 16.7 Å². The third kappa shape index (κ3) is 3.70. The number of allylic oxidation sites excluding steroid dienone is 2. The topological polar surface area (TPSA) is 62.4 Å². The van der Waals surface area contributed by atoms with Crippen LogP contribution in [0.15, 0.2) is 90.2 Å². The summed E-state index contributed by atoms with van der Waals surface area (Å²) >= 11 is 0. The van der Waals surface area contributed by atoms with Crippen LogP contribution >= 0.6 is 0 Å². The van der Waals surface area contributed by atoms with Gasteiger partial charge in [-0.2, -0.15) is 0 Å². The van der Waals surface area contributed by atoms with Crippen molar-refractivity contribution in [3.05, 3.63) is 102 Å². The van der Waals surface area contributed by atoms with Crippen LogP contribution in [-0.2, 0) is 4.74 Å². The van der Waals surface area contributed by atoms with Crippen LogP contribution in [0.1, 0.15) is 16.7 Å². The monoisotopic (exact) mass is 397 g/mol. The van der Waals surface area contributed by atoms with Gasteiger partial charge in [0.25, 0.3) is 0 Å². The maximum absolute atomic E-state index is 9.71. The summed E-state index contributed by atoms with van der Waals surface area (Å²) in [6, 6.07) is 25.5. The molecule has 30 heavy (non-hydrogen) atoms. The summed E-state index contributed by atoms with van der Waals surface area (Å²) in [7, 11) is 3.27. The van der Waals surface area contributed by atoms with Crippen LogP contribution in [0.25, 0.3) is 16.7 Å². The smallest absolute Gasteiger partial charge is 0.237 e. The molecule has 3 aromatic rings. The summed E-state index contributed by atoms with van der Waals surface area (Å²) in [5.41, 5.74) is 15.2. The average molecular weight is 397 g/mol. The number of hydrogen-bond acceptors (Lipinski definition) is 4. The number of nitrogens with zero attached hydrogens (tertiary/aromatic N) is 2. The van der Waals surface area contributed by atoms with E-state index in [2.05, 4.69) is 5.11 Å². The lowest BCUT2D eigenvalue weighted by molar-refractivity contribution is 0.196. The molecule has 5 heteroatoms. The fourth-order valence-corrected chi connectivity index (χ4v) is 3.57. The summed E-state index contributed by atoms with van der Waals surface area (Å²) < 4.78 is 16.4. The Bertz CT molecular complexity index is 1090. The van der Waals surface area contributed by atoms with Crippen molar-refractivity contribution in [2.24, 2.45) is 5.11 Å². The Morgan fingerprint density at radius 1 is 0.733 bits per heavy atom. The van der Waals surface area contributed by atoms with Gasteiger partial charge in [-0.05, 0) is 46.5 Å². The molecule has 1 radical (unpaired) electrons. The molecular weight excluding hydrogens is 376 g/mol. The molecule has 3 aromatic carbocycles. The maximum Gasteiger partial charge on any atom is 0.237 e. The van der Waals surface area contributed by atoms with Crippen molar-refractivity contribution in [1.82, 2.24) is 5.53 Å². The highest BCUT2D eigenvalue weighted by molar-refractivity contribution is 6.16. The molecule has 0 aliphatic carbocycles. The van der Waals surface area contributed by atoms with Gasteiger partial charge in [0.2, 0.25) is 6.23 Å². The summed E-state index contributed by atoms with van der Waals surface area (Å²) in [5.74, 6) is 1.53. The number of benzene rings is 3. The molecule has 5 nitrogen and oxygen atoms in total. The van der Waals surface area contributed by atoms with E-state index in [0.717, 1.165) is 44.9 Å². The minimum absolute atomic E-state index is 0.751. The van der Waals surface area contributed by atoms with Crippen molar-refractivity contribution in [2.75, 3.05) is 14.2 Å². The molecule has 1 heterocycles. The summed E-state index contributed by atoms with van der Waals surface area (Å²) in [6.07, 6.45) is 0.817. The van der Waals surface area contributed by atoms with E-state index in [9.17, 15) is 5.53 Å². The van der Waals surface area contributed by atoms with Crippen LogP contribution in [0.5, 0.6) is 11.5 Å². The molecule has 0 saturated heterocycles. The third-order valence-electron chi connectivity index (χ3n) is 5.07. The van der Waals surface area contributed by atoms with Gasteiger partial charge >= 0.3 is 0 Å². The van der Waals surface area contributed by atoms with Gasteiger partial charge in [0.1, 0.15) is 11.5 Å². The zero-order chi connectivity index (χ0) is 20.9. The molecule has 0 saturated carbocycles. The van der Waals surface area contributed by atoms with Gasteiger partial charge in [-0.1, -0.05) is 54.6 Å². The number of ether oxygens (including phenoxy) is 3. The van der Waals surface area contributed by atoms with Crippen molar-refractivity contribution in [1.29, 1.82) is 0 Å². The fourth-order valence-electron chi connectivity index (χ4n) is 3.57. The lowest BCUT2D eigenvalue weighted by Crippen LogP contribution is -2.16. The van der Waals surface area contributed by atoms with E-state index in [0.29, 0.717) is 0 Å². The highest BCUT2D eigenvalue weighted by atomic mass is 16.5. The fraction of sp³-hybridized carbons (Fsp3) is 0.120. The molecule has 0 fully saturated rings. The number of rotatable bonds is 6. The Hall–Kier alpha value is -3.86. The van der Waals surface area contributed by atoms with E-state index in [-0.39, 0.29) is 0 Å². The molecule has 0 spiro atoms. The molecule has 0 N–H and O–H groups in total. The Morgan fingerprint density at radius 2 is 1.30 bits per heavy atom. The summed E-state index contributed by atoms with van der Waals surface area (Å²) in [5, 5.41) is 3.50. The maximum atomic E-state index is 9.71. The molecule has 0 amide bonds. The second-order valence-electron chi connectivity index (χ2n) is 6.75. The van der Waals surface area contributed by atoms with Crippen LogP contribution < -0.4 is 15.0 Å². The molecule has 0 aromatic heterocycles. The first-order valence-electron chi connectivity index (χ1n) is 9.54. The highest BCUT2D eigenvalue weighted by Gasteiger charge is 2.29. The van der Waals surface area contributed by atoms with Crippen molar-refractivity contribution in [3.8, 4) is 11.5 Å². The first kappa shape index (κ1) is 19.5. The number of hydrogen-bond donors (Lipinski definition) is 0. The van der Waals surface area contributed by atoms with Gasteiger partial charge in [0.05, 0.1) is 20.5 Å². The van der Waals surface area contributed by atoms with Crippen molar-refractivity contribution < 1.29 is 14.2 Å². The molecule has 1 unspecified atom stereocenters. The predicted octanol–water partition coefficient (Wildman–Crippen LogP) is 5.26. The van der Waals surface area contributed by atoms with E-state index in [4.69, 9.17) is 14.2 Å². The normalized spacial score (nSPS) is 15.8. The van der Waals surface area contributed by atoms with E-state index >= 15 is 0 Å². The zero-order valence-electron chi connectivity index (χ0n) is 16.8. The van der Waals surface area contributed by atoms with Gasteiger partial charge in [0.15, 0.2) is 0 Å². The molecular formula is C25H21N2O3. The quantitative estimate of drug-likeness (QED) is 0.533. The van der Waals surface area contributed by atoms with Gasteiger partial charge in [-0.25, -0.2) is 0 Å². The van der Waals surface area contributed by atoms with Crippen LogP contribution in [0.4, 0.5) is 0 Å². The second-order valence-corrected chi connectivity index (χ2v) is 6.75. The third-order valence-corrected chi connectivity index (χ3v) is 5.07. The molecule has 4 rings (SSSR count). The largest absolute Gasteiger partial charge is 0.497 e. The van der Waals surface area contributed by atoms with E-state index in [1.165, 1.54) is 0 Å². The Kier molecular flexibility index (Phi) is 5.61. The van der Waals surface area contributed by atoms with Crippen molar-refractivity contribution in [2.45, 2.75) is 6.23 Å². The van der Waals surface area contributed by atoms with Gasteiger partial charge < -0.3 is 14.2 Å². The molecule has 1 aliphatic rings. The van der Waals surface area contributed by atoms with Crippen LogP contribution in [-0.4, -0.2) is 20.4 Å². The standard InChI is InChI=1S/C25H21N2O3/c1-28-20-12-8-17(9-13-20)22-16-30-25(27-26)24(19-10-14-21(29-2)15-11-19)23(22)18-6-4-3-5-7-18/h3-16,25H,1-2H3. The molecule has 1 aliphatic heterocycles. The number of methoxy groups -OCH3 is 2. The van der Waals surface area contributed by atoms with E-state index in [1.807, 2.05) is 78.9 Å². The first-order chi connectivity index (χ1) is 14.7. The average Bonchev–Trinajstić information content (AvgIpc) is 2.83. The van der Waals surface area contributed by atoms with Crippen molar-refractivity contribution in [3.63, 3.8) is 0 Å². The SMILES string of the molecule is COc1ccc(C2=COC(N=[N])C(c3ccc(OC)cc3)=C2c2ccccc2)cc1.